The van der Waals surface area contributed by atoms with Crippen molar-refractivity contribution < 1.29 is 14.0 Å². The zero-order valence-corrected chi connectivity index (χ0v) is 12.2. The van der Waals surface area contributed by atoms with Crippen LogP contribution in [0.15, 0.2) is 48.5 Å². The highest BCUT2D eigenvalue weighted by Crippen LogP contribution is 2.10. The van der Waals surface area contributed by atoms with Crippen molar-refractivity contribution in [3.63, 3.8) is 0 Å². The number of anilines is 1. The molecule has 0 atom stereocenters. The van der Waals surface area contributed by atoms with E-state index >= 15 is 0 Å². The summed E-state index contributed by atoms with van der Waals surface area (Å²) in [6.45, 7) is 1.77. The highest BCUT2D eigenvalue weighted by atomic mass is 19.1. The van der Waals surface area contributed by atoms with Gasteiger partial charge in [-0.25, -0.2) is 4.39 Å². The number of nitrogens with one attached hydrogen (secondary N) is 2. The summed E-state index contributed by atoms with van der Waals surface area (Å²) in [5, 5.41) is 5.37. The van der Waals surface area contributed by atoms with E-state index < -0.39 is 0 Å². The molecule has 2 amide bonds. The maximum atomic E-state index is 13.4. The molecule has 0 saturated carbocycles. The lowest BCUT2D eigenvalue weighted by Crippen LogP contribution is -2.25. The summed E-state index contributed by atoms with van der Waals surface area (Å²) in [5.41, 5.74) is 1.70. The lowest BCUT2D eigenvalue weighted by atomic mass is 10.1. The molecule has 0 radical (unpaired) electrons. The molecule has 2 rings (SSSR count). The second-order valence-electron chi connectivity index (χ2n) is 4.86. The molecule has 2 N–H and O–H groups in total. The van der Waals surface area contributed by atoms with Crippen molar-refractivity contribution in [2.24, 2.45) is 0 Å². The largest absolute Gasteiger partial charge is 0.352 e. The predicted octanol–water partition coefficient (Wildman–Crippen LogP) is 2.76. The van der Waals surface area contributed by atoms with Gasteiger partial charge >= 0.3 is 0 Å². The normalized spacial score (nSPS) is 10.1. The van der Waals surface area contributed by atoms with E-state index in [1.54, 1.807) is 42.5 Å². The summed E-state index contributed by atoms with van der Waals surface area (Å²) in [4.78, 5) is 22.9. The number of hydrogen-bond acceptors (Lipinski definition) is 2. The summed E-state index contributed by atoms with van der Waals surface area (Å²) < 4.78 is 13.4. The fraction of sp³-hybridized carbons (Fsp3) is 0.176. The van der Waals surface area contributed by atoms with Gasteiger partial charge in [0, 0.05) is 24.7 Å². The molecule has 114 valence electrons. The summed E-state index contributed by atoms with van der Waals surface area (Å²) in [7, 11) is 0. The van der Waals surface area contributed by atoms with Gasteiger partial charge in [0.2, 0.25) is 5.91 Å². The van der Waals surface area contributed by atoms with Crippen LogP contribution in [0.1, 0.15) is 22.8 Å². The van der Waals surface area contributed by atoms with Gasteiger partial charge in [-0.2, -0.15) is 0 Å². The fourth-order valence-corrected chi connectivity index (χ4v) is 2.02. The minimum atomic E-state index is -0.267. The molecule has 0 saturated heterocycles. The minimum absolute atomic E-state index is 0.165. The first-order chi connectivity index (χ1) is 10.6. The molecule has 5 heteroatoms. The van der Waals surface area contributed by atoms with Crippen molar-refractivity contribution in [3.05, 3.63) is 65.5 Å². The Hall–Kier alpha value is -2.69. The number of rotatable bonds is 5. The molecule has 0 spiro atoms. The van der Waals surface area contributed by atoms with Crippen LogP contribution in [0.25, 0.3) is 0 Å². The van der Waals surface area contributed by atoms with E-state index in [0.717, 1.165) is 0 Å². The molecule has 2 aromatic carbocycles. The Morgan fingerprint density at radius 1 is 1.05 bits per heavy atom. The topological polar surface area (TPSA) is 58.2 Å². The summed E-state index contributed by atoms with van der Waals surface area (Å²) >= 11 is 0. The molecule has 0 aliphatic heterocycles. The fourth-order valence-electron chi connectivity index (χ4n) is 2.02. The highest BCUT2D eigenvalue weighted by molar-refractivity contribution is 5.95. The van der Waals surface area contributed by atoms with Crippen LogP contribution in [0.2, 0.25) is 0 Å². The number of hydrogen-bond donors (Lipinski definition) is 2. The summed E-state index contributed by atoms with van der Waals surface area (Å²) in [5.74, 6) is -0.663. The molecule has 0 aliphatic rings. The lowest BCUT2D eigenvalue weighted by Gasteiger charge is -2.07. The molecule has 2 aromatic rings. The monoisotopic (exact) mass is 300 g/mol. The van der Waals surface area contributed by atoms with E-state index in [2.05, 4.69) is 10.6 Å². The Bertz CT molecular complexity index is 669. The van der Waals surface area contributed by atoms with Gasteiger partial charge in [-0.15, -0.1) is 0 Å². The maximum Gasteiger partial charge on any atom is 0.251 e. The Morgan fingerprint density at radius 2 is 1.73 bits per heavy atom. The SMILES string of the molecule is CC(=O)Nc1ccc(C(=O)NCCc2ccccc2F)cc1. The van der Waals surface area contributed by atoms with Crippen LogP contribution in [-0.2, 0) is 11.2 Å². The average Bonchev–Trinajstić information content (AvgIpc) is 2.49. The molecular formula is C17H17FN2O2. The molecule has 22 heavy (non-hydrogen) atoms. The van der Waals surface area contributed by atoms with Gasteiger partial charge in [-0.3, -0.25) is 9.59 Å². The third-order valence-electron chi connectivity index (χ3n) is 3.11. The van der Waals surface area contributed by atoms with Gasteiger partial charge < -0.3 is 10.6 Å². The van der Waals surface area contributed by atoms with Crippen LogP contribution in [-0.4, -0.2) is 18.4 Å². The molecular weight excluding hydrogens is 283 g/mol. The quantitative estimate of drug-likeness (QED) is 0.892. The Labute approximate surface area is 128 Å². The number of halogens is 1. The van der Waals surface area contributed by atoms with E-state index in [1.165, 1.54) is 13.0 Å². The molecule has 0 bridgehead atoms. The van der Waals surface area contributed by atoms with E-state index in [4.69, 9.17) is 0 Å². The van der Waals surface area contributed by atoms with Crippen molar-refractivity contribution in [3.8, 4) is 0 Å². The van der Waals surface area contributed by atoms with Gasteiger partial charge in [-0.05, 0) is 42.3 Å². The van der Waals surface area contributed by atoms with Crippen LogP contribution in [0.5, 0.6) is 0 Å². The second-order valence-corrected chi connectivity index (χ2v) is 4.86. The van der Waals surface area contributed by atoms with Crippen LogP contribution >= 0.6 is 0 Å². The molecule has 0 aromatic heterocycles. The number of amides is 2. The average molecular weight is 300 g/mol. The summed E-state index contributed by atoms with van der Waals surface area (Å²) in [6, 6.07) is 13.1. The standard InChI is InChI=1S/C17H17FN2O2/c1-12(21)20-15-8-6-14(7-9-15)17(22)19-11-10-13-4-2-3-5-16(13)18/h2-9H,10-11H2,1H3,(H,19,22)(H,20,21). The van der Waals surface area contributed by atoms with Gasteiger partial charge in [0.15, 0.2) is 0 Å². The highest BCUT2D eigenvalue weighted by Gasteiger charge is 2.06. The third-order valence-corrected chi connectivity index (χ3v) is 3.11. The first kappa shape index (κ1) is 15.7. The first-order valence-electron chi connectivity index (χ1n) is 6.95. The zero-order chi connectivity index (χ0) is 15.9. The molecule has 0 heterocycles. The van der Waals surface area contributed by atoms with Crippen LogP contribution in [0.3, 0.4) is 0 Å². The smallest absolute Gasteiger partial charge is 0.251 e. The number of benzene rings is 2. The molecule has 4 nitrogen and oxygen atoms in total. The minimum Gasteiger partial charge on any atom is -0.352 e. The van der Waals surface area contributed by atoms with Crippen molar-refractivity contribution >= 4 is 17.5 Å². The van der Waals surface area contributed by atoms with Crippen molar-refractivity contribution in [2.75, 3.05) is 11.9 Å². The summed E-state index contributed by atoms with van der Waals surface area (Å²) in [6.07, 6.45) is 0.433. The Balaban J connectivity index is 1.87. The third kappa shape index (κ3) is 4.41. The maximum absolute atomic E-state index is 13.4. The van der Waals surface area contributed by atoms with Crippen molar-refractivity contribution in [1.29, 1.82) is 0 Å². The molecule has 0 unspecified atom stereocenters. The van der Waals surface area contributed by atoms with Gasteiger partial charge in [0.1, 0.15) is 5.82 Å². The van der Waals surface area contributed by atoms with Crippen molar-refractivity contribution in [2.45, 2.75) is 13.3 Å². The van der Waals surface area contributed by atoms with Crippen LogP contribution in [0.4, 0.5) is 10.1 Å². The zero-order valence-electron chi connectivity index (χ0n) is 12.2. The molecule has 0 fully saturated rings. The van der Waals surface area contributed by atoms with E-state index in [9.17, 15) is 14.0 Å². The van der Waals surface area contributed by atoms with Gasteiger partial charge in [0.25, 0.3) is 5.91 Å². The van der Waals surface area contributed by atoms with E-state index in [-0.39, 0.29) is 17.6 Å². The number of carbonyl (C=O) groups is 2. The van der Waals surface area contributed by atoms with Crippen molar-refractivity contribution in [1.82, 2.24) is 5.32 Å². The second kappa shape index (κ2) is 7.36. The van der Waals surface area contributed by atoms with Crippen LogP contribution < -0.4 is 10.6 Å². The predicted molar refractivity (Wildman–Crippen MR) is 83.2 cm³/mol. The van der Waals surface area contributed by atoms with Gasteiger partial charge in [-0.1, -0.05) is 18.2 Å². The Morgan fingerprint density at radius 3 is 2.36 bits per heavy atom. The lowest BCUT2D eigenvalue weighted by molar-refractivity contribution is -0.114. The van der Waals surface area contributed by atoms with Gasteiger partial charge in [0.05, 0.1) is 0 Å². The number of carbonyl (C=O) groups excluding carboxylic acids is 2. The van der Waals surface area contributed by atoms with E-state index in [1.807, 2.05) is 0 Å². The van der Waals surface area contributed by atoms with Crippen LogP contribution in [0, 0.1) is 5.82 Å². The first-order valence-corrected chi connectivity index (χ1v) is 6.95. The molecule has 0 aliphatic carbocycles. The van der Waals surface area contributed by atoms with E-state index in [0.29, 0.717) is 29.8 Å². The Kier molecular flexibility index (Phi) is 5.25.